The Labute approximate surface area is 76.7 Å². The Balaban J connectivity index is 0.000001000. The van der Waals surface area contributed by atoms with E-state index in [4.69, 9.17) is 6.42 Å². The monoisotopic (exact) mass is 187 g/mol. The molecule has 1 rings (SSSR count). The van der Waals surface area contributed by atoms with E-state index in [9.17, 15) is 5.11 Å². The SMILES string of the molecule is C#C[C@](C)(O)c1nccs1.S. The maximum absolute atomic E-state index is 9.40. The summed E-state index contributed by atoms with van der Waals surface area (Å²) in [5, 5.41) is 11.7. The van der Waals surface area contributed by atoms with Gasteiger partial charge in [0.2, 0.25) is 0 Å². The smallest absolute Gasteiger partial charge is 0.174 e. The van der Waals surface area contributed by atoms with Gasteiger partial charge >= 0.3 is 0 Å². The molecule has 0 spiro atoms. The predicted octanol–water partition coefficient (Wildman–Crippen LogP) is 1.10. The third kappa shape index (κ3) is 2.22. The maximum atomic E-state index is 9.40. The minimum atomic E-state index is -1.20. The van der Waals surface area contributed by atoms with Crippen LogP contribution in [0.2, 0.25) is 0 Å². The van der Waals surface area contributed by atoms with Gasteiger partial charge in [0.1, 0.15) is 5.01 Å². The summed E-state index contributed by atoms with van der Waals surface area (Å²) in [7, 11) is 0. The Morgan fingerprint density at radius 3 is 2.82 bits per heavy atom. The summed E-state index contributed by atoms with van der Waals surface area (Å²) in [4.78, 5) is 3.88. The maximum Gasteiger partial charge on any atom is 0.174 e. The van der Waals surface area contributed by atoms with Crippen LogP contribution in [-0.2, 0) is 5.60 Å². The Morgan fingerprint density at radius 1 is 1.82 bits per heavy atom. The molecule has 0 aliphatic heterocycles. The molecule has 1 N–H and O–H groups in total. The van der Waals surface area contributed by atoms with Gasteiger partial charge < -0.3 is 5.11 Å². The summed E-state index contributed by atoms with van der Waals surface area (Å²) < 4.78 is 0. The molecule has 0 aliphatic carbocycles. The fourth-order valence-electron chi connectivity index (χ4n) is 0.526. The largest absolute Gasteiger partial charge is 0.371 e. The average molecular weight is 187 g/mol. The van der Waals surface area contributed by atoms with Crippen molar-refractivity contribution in [3.05, 3.63) is 16.6 Å². The molecular formula is C7H9NOS2. The molecule has 1 heterocycles. The van der Waals surface area contributed by atoms with Gasteiger partial charge in [-0.25, -0.2) is 4.98 Å². The second-order valence-electron chi connectivity index (χ2n) is 2.05. The topological polar surface area (TPSA) is 33.1 Å². The fraction of sp³-hybridized carbons (Fsp3) is 0.286. The Morgan fingerprint density at radius 2 is 2.45 bits per heavy atom. The second kappa shape index (κ2) is 3.77. The lowest BCUT2D eigenvalue weighted by Crippen LogP contribution is -2.17. The van der Waals surface area contributed by atoms with Crippen LogP contribution in [0.4, 0.5) is 0 Å². The Bertz CT molecular complexity index is 248. The van der Waals surface area contributed by atoms with E-state index in [1.54, 1.807) is 18.5 Å². The van der Waals surface area contributed by atoms with E-state index in [2.05, 4.69) is 10.9 Å². The summed E-state index contributed by atoms with van der Waals surface area (Å²) >= 11 is 1.35. The molecule has 0 amide bonds. The minimum Gasteiger partial charge on any atom is -0.371 e. The molecule has 1 aromatic heterocycles. The van der Waals surface area contributed by atoms with Gasteiger partial charge in [0.25, 0.3) is 0 Å². The highest BCUT2D eigenvalue weighted by atomic mass is 32.1. The van der Waals surface area contributed by atoms with E-state index in [-0.39, 0.29) is 13.5 Å². The van der Waals surface area contributed by atoms with Crippen molar-refractivity contribution in [2.24, 2.45) is 0 Å². The van der Waals surface area contributed by atoms with Gasteiger partial charge in [-0.3, -0.25) is 0 Å². The first kappa shape index (κ1) is 10.5. The molecule has 1 aromatic rings. The van der Waals surface area contributed by atoms with Crippen LogP contribution >= 0.6 is 24.8 Å². The lowest BCUT2D eigenvalue weighted by molar-refractivity contribution is 0.122. The third-order valence-electron chi connectivity index (χ3n) is 1.13. The summed E-state index contributed by atoms with van der Waals surface area (Å²) in [6.45, 7) is 1.55. The van der Waals surface area contributed by atoms with Crippen LogP contribution in [0, 0.1) is 12.3 Å². The van der Waals surface area contributed by atoms with Crippen LogP contribution in [-0.4, -0.2) is 10.1 Å². The van der Waals surface area contributed by atoms with Gasteiger partial charge in [0.15, 0.2) is 5.60 Å². The highest BCUT2D eigenvalue weighted by Crippen LogP contribution is 2.20. The van der Waals surface area contributed by atoms with Crippen LogP contribution in [0.15, 0.2) is 11.6 Å². The van der Waals surface area contributed by atoms with Crippen molar-refractivity contribution in [1.29, 1.82) is 0 Å². The average Bonchev–Trinajstić information content (AvgIpc) is 2.38. The van der Waals surface area contributed by atoms with Crippen molar-refractivity contribution in [2.75, 3.05) is 0 Å². The van der Waals surface area contributed by atoms with Gasteiger partial charge in [-0.1, -0.05) is 5.92 Å². The molecule has 0 unspecified atom stereocenters. The Kier molecular flexibility index (Phi) is 3.59. The van der Waals surface area contributed by atoms with E-state index in [0.29, 0.717) is 5.01 Å². The minimum absolute atomic E-state index is 0. The number of aliphatic hydroxyl groups is 1. The van der Waals surface area contributed by atoms with Crippen molar-refractivity contribution in [2.45, 2.75) is 12.5 Å². The first-order valence-electron chi connectivity index (χ1n) is 2.77. The normalized spacial score (nSPS) is 14.3. The van der Waals surface area contributed by atoms with Crippen LogP contribution < -0.4 is 0 Å². The lowest BCUT2D eigenvalue weighted by Gasteiger charge is -2.10. The standard InChI is InChI=1S/C7H7NOS.H2S/c1-3-7(2,9)6-8-4-5-10-6;/h1,4-5,9H,2H3;1H2/t7-;/m0./s1. The van der Waals surface area contributed by atoms with Crippen molar-refractivity contribution in [3.8, 4) is 12.3 Å². The third-order valence-corrected chi connectivity index (χ3v) is 2.11. The van der Waals surface area contributed by atoms with E-state index < -0.39 is 5.60 Å². The number of aromatic nitrogens is 1. The summed E-state index contributed by atoms with van der Waals surface area (Å²) in [6, 6.07) is 0. The molecule has 0 saturated carbocycles. The van der Waals surface area contributed by atoms with Crippen molar-refractivity contribution in [1.82, 2.24) is 4.98 Å². The molecule has 0 radical (unpaired) electrons. The van der Waals surface area contributed by atoms with Gasteiger partial charge in [0, 0.05) is 11.6 Å². The van der Waals surface area contributed by atoms with Crippen molar-refractivity contribution >= 4 is 24.8 Å². The fourth-order valence-corrected chi connectivity index (χ4v) is 1.19. The van der Waals surface area contributed by atoms with Crippen molar-refractivity contribution < 1.29 is 5.11 Å². The van der Waals surface area contributed by atoms with Gasteiger partial charge in [0.05, 0.1) is 0 Å². The zero-order chi connectivity index (χ0) is 7.61. The van der Waals surface area contributed by atoms with E-state index in [1.807, 2.05) is 0 Å². The molecule has 11 heavy (non-hydrogen) atoms. The zero-order valence-corrected chi connectivity index (χ0v) is 7.85. The summed E-state index contributed by atoms with van der Waals surface area (Å²) in [5.74, 6) is 2.25. The molecular weight excluding hydrogens is 178 g/mol. The van der Waals surface area contributed by atoms with E-state index in [1.165, 1.54) is 11.3 Å². The van der Waals surface area contributed by atoms with Crippen LogP contribution in [0.25, 0.3) is 0 Å². The number of hydrogen-bond acceptors (Lipinski definition) is 3. The number of rotatable bonds is 1. The van der Waals surface area contributed by atoms with Crippen LogP contribution in [0.1, 0.15) is 11.9 Å². The summed E-state index contributed by atoms with van der Waals surface area (Å²) in [6.07, 6.45) is 6.68. The highest BCUT2D eigenvalue weighted by molar-refractivity contribution is 7.59. The molecule has 0 fully saturated rings. The first-order valence-corrected chi connectivity index (χ1v) is 3.65. The number of terminal acetylenes is 1. The molecule has 4 heteroatoms. The zero-order valence-electron chi connectivity index (χ0n) is 6.03. The molecule has 1 atom stereocenters. The van der Waals surface area contributed by atoms with Gasteiger partial charge in [-0.05, 0) is 6.92 Å². The first-order chi connectivity index (χ1) is 4.67. The number of nitrogens with zero attached hydrogens (tertiary/aromatic N) is 1. The van der Waals surface area contributed by atoms with E-state index >= 15 is 0 Å². The summed E-state index contributed by atoms with van der Waals surface area (Å²) in [5.41, 5.74) is -1.20. The Hall–Kier alpha value is -0.500. The van der Waals surface area contributed by atoms with Crippen LogP contribution in [0.5, 0.6) is 0 Å². The quantitative estimate of drug-likeness (QED) is 0.668. The van der Waals surface area contributed by atoms with Crippen LogP contribution in [0.3, 0.4) is 0 Å². The van der Waals surface area contributed by atoms with Gasteiger partial charge in [-0.2, -0.15) is 13.5 Å². The number of hydrogen-bond donors (Lipinski definition) is 1. The molecule has 60 valence electrons. The van der Waals surface area contributed by atoms with E-state index in [0.717, 1.165) is 0 Å². The lowest BCUT2D eigenvalue weighted by atomic mass is 10.1. The van der Waals surface area contributed by atoms with Gasteiger partial charge in [-0.15, -0.1) is 17.8 Å². The molecule has 0 aliphatic rings. The number of thiazole rings is 1. The van der Waals surface area contributed by atoms with Crippen molar-refractivity contribution in [3.63, 3.8) is 0 Å². The predicted molar refractivity (Wildman–Crippen MR) is 50.9 cm³/mol. The molecule has 0 saturated heterocycles. The molecule has 0 aromatic carbocycles. The highest BCUT2D eigenvalue weighted by Gasteiger charge is 2.21. The molecule has 2 nitrogen and oxygen atoms in total. The molecule has 0 bridgehead atoms. The second-order valence-corrected chi connectivity index (χ2v) is 2.95.